The number of hydrogen-bond acceptors (Lipinski definition) is 3. The van der Waals surface area contributed by atoms with Gasteiger partial charge in [-0.3, -0.25) is 4.79 Å². The monoisotopic (exact) mass is 319 g/mol. The third-order valence-corrected chi connectivity index (χ3v) is 3.30. The zero-order chi connectivity index (χ0) is 16.3. The van der Waals surface area contributed by atoms with Gasteiger partial charge < -0.3 is 20.3 Å². The average Bonchev–Trinajstić information content (AvgIpc) is 3.15. The molecule has 1 aliphatic heterocycles. The smallest absolute Gasteiger partial charge is 0.475 e. The highest BCUT2D eigenvalue weighted by Crippen LogP contribution is 2.21. The van der Waals surface area contributed by atoms with Crippen molar-refractivity contribution in [2.24, 2.45) is 0 Å². The van der Waals surface area contributed by atoms with Crippen molar-refractivity contribution < 1.29 is 27.9 Å². The minimum absolute atomic E-state index is 0.0925. The maximum atomic E-state index is 11.9. The van der Waals surface area contributed by atoms with Gasteiger partial charge in [0.15, 0.2) is 0 Å². The Morgan fingerprint density at radius 1 is 1.36 bits per heavy atom. The van der Waals surface area contributed by atoms with E-state index in [9.17, 15) is 18.0 Å². The summed E-state index contributed by atoms with van der Waals surface area (Å²) < 4.78 is 33.9. The second kappa shape index (κ2) is 6.39. The lowest BCUT2D eigenvalue weighted by atomic mass is 10.2. The van der Waals surface area contributed by atoms with Gasteiger partial charge in [-0.15, -0.1) is 0 Å². The van der Waals surface area contributed by atoms with Gasteiger partial charge in [-0.05, 0) is 18.9 Å². The molecule has 0 spiro atoms. The maximum Gasteiger partial charge on any atom is 0.490 e. The topological polar surface area (TPSA) is 83.4 Å². The van der Waals surface area contributed by atoms with E-state index in [0.717, 1.165) is 43.7 Å². The number of alkyl halides is 3. The van der Waals surface area contributed by atoms with Crippen LogP contribution in [0.2, 0.25) is 0 Å². The molecule has 0 aromatic carbocycles. The normalized spacial score (nSPS) is 17.0. The molecule has 0 unspecified atom stereocenters. The van der Waals surface area contributed by atoms with Crippen molar-refractivity contribution in [1.82, 2.24) is 15.2 Å². The fourth-order valence-electron chi connectivity index (χ4n) is 2.02. The zero-order valence-electron chi connectivity index (χ0n) is 11.6. The third kappa shape index (κ3) is 4.23. The van der Waals surface area contributed by atoms with Gasteiger partial charge in [0, 0.05) is 37.6 Å². The van der Waals surface area contributed by atoms with Gasteiger partial charge in [-0.1, -0.05) is 0 Å². The van der Waals surface area contributed by atoms with E-state index in [-0.39, 0.29) is 5.91 Å². The minimum atomic E-state index is -5.08. The average molecular weight is 319 g/mol. The van der Waals surface area contributed by atoms with Crippen LogP contribution in [0, 0.1) is 0 Å². The number of fused-ring (bicyclic) bond motifs is 1. The number of aromatic nitrogens is 1. The van der Waals surface area contributed by atoms with E-state index in [1.54, 1.807) is 0 Å². The fraction of sp³-hybridized carbons (Fsp3) is 0.538. The Bertz CT molecular complexity index is 565. The lowest BCUT2D eigenvalue weighted by Crippen LogP contribution is -2.31. The van der Waals surface area contributed by atoms with Crippen LogP contribution in [0.4, 0.5) is 13.2 Å². The highest BCUT2D eigenvalue weighted by Gasteiger charge is 2.38. The van der Waals surface area contributed by atoms with Crippen molar-refractivity contribution in [3.63, 3.8) is 0 Å². The number of nitrogens with zero attached hydrogens (tertiary/aromatic N) is 1. The summed E-state index contributed by atoms with van der Waals surface area (Å²) >= 11 is 0. The van der Waals surface area contributed by atoms with Crippen LogP contribution in [0.3, 0.4) is 0 Å². The molecule has 0 atom stereocenters. The van der Waals surface area contributed by atoms with Crippen molar-refractivity contribution in [2.75, 3.05) is 6.54 Å². The Hall–Kier alpha value is -2.03. The molecule has 122 valence electrons. The fourth-order valence-corrected chi connectivity index (χ4v) is 2.02. The lowest BCUT2D eigenvalue weighted by molar-refractivity contribution is -0.192. The molecule has 9 heteroatoms. The summed E-state index contributed by atoms with van der Waals surface area (Å²) in [4.78, 5) is 20.8. The van der Waals surface area contributed by atoms with Crippen molar-refractivity contribution >= 4 is 11.9 Å². The summed E-state index contributed by atoms with van der Waals surface area (Å²) in [6.45, 7) is 2.76. The van der Waals surface area contributed by atoms with Crippen molar-refractivity contribution in [2.45, 2.75) is 38.1 Å². The second-order valence-corrected chi connectivity index (χ2v) is 5.10. The summed E-state index contributed by atoms with van der Waals surface area (Å²) in [7, 11) is 0. The Labute approximate surface area is 124 Å². The molecule has 3 rings (SSSR count). The van der Waals surface area contributed by atoms with E-state index < -0.39 is 12.1 Å². The molecule has 2 heterocycles. The zero-order valence-corrected chi connectivity index (χ0v) is 11.6. The number of carboxylic acid groups (broad SMARTS) is 1. The number of rotatable bonds is 2. The molecule has 0 radical (unpaired) electrons. The lowest BCUT2D eigenvalue weighted by Gasteiger charge is -2.17. The van der Waals surface area contributed by atoms with E-state index in [1.807, 2.05) is 12.3 Å². The molecule has 1 aliphatic carbocycles. The molecule has 0 saturated heterocycles. The molecule has 1 aromatic heterocycles. The Morgan fingerprint density at radius 2 is 2.00 bits per heavy atom. The number of nitrogens with one attached hydrogen (secondary N) is 2. The Kier molecular flexibility index (Phi) is 4.74. The number of carboxylic acids is 1. The van der Waals surface area contributed by atoms with Crippen LogP contribution >= 0.6 is 0 Å². The molecule has 1 saturated carbocycles. The van der Waals surface area contributed by atoms with Crippen LogP contribution in [0.25, 0.3) is 0 Å². The van der Waals surface area contributed by atoms with Crippen LogP contribution in [0.15, 0.2) is 12.3 Å². The highest BCUT2D eigenvalue weighted by atomic mass is 19.4. The van der Waals surface area contributed by atoms with Crippen molar-refractivity contribution in [1.29, 1.82) is 0 Å². The van der Waals surface area contributed by atoms with Crippen molar-refractivity contribution in [3.05, 3.63) is 23.5 Å². The van der Waals surface area contributed by atoms with Crippen LogP contribution in [-0.4, -0.2) is 40.3 Å². The molecule has 0 bridgehead atoms. The maximum absolute atomic E-state index is 11.9. The van der Waals surface area contributed by atoms with Crippen LogP contribution < -0.4 is 10.6 Å². The molecule has 1 fully saturated rings. The standard InChI is InChI=1S/C11H15N3O.C2HF3O2/c15-11(13-8-1-2-8)9-3-5-14-6-4-12-7-10(9)14;3-2(4,5)1(6)7/h3,5,8,12H,1-2,4,6-7H2,(H,13,15);(H,6,7). The number of aliphatic carboxylic acids is 1. The van der Waals surface area contributed by atoms with Crippen LogP contribution in [0.5, 0.6) is 0 Å². The first kappa shape index (κ1) is 16.3. The summed E-state index contributed by atoms with van der Waals surface area (Å²) in [6, 6.07) is 2.37. The Morgan fingerprint density at radius 3 is 2.55 bits per heavy atom. The first-order chi connectivity index (χ1) is 10.3. The molecular weight excluding hydrogens is 303 g/mol. The van der Waals surface area contributed by atoms with Gasteiger partial charge in [0.2, 0.25) is 0 Å². The molecule has 3 N–H and O–H groups in total. The van der Waals surface area contributed by atoms with Crippen LogP contribution in [-0.2, 0) is 17.9 Å². The second-order valence-electron chi connectivity index (χ2n) is 5.10. The van der Waals surface area contributed by atoms with E-state index >= 15 is 0 Å². The largest absolute Gasteiger partial charge is 0.490 e. The number of carbonyl (C=O) groups excluding carboxylic acids is 1. The predicted octanol–water partition coefficient (Wildman–Crippen LogP) is 1.12. The number of hydrogen-bond donors (Lipinski definition) is 3. The SMILES string of the molecule is O=C(NC1CC1)c1ccn2c1CNCC2.O=C(O)C(F)(F)F. The number of carbonyl (C=O) groups is 2. The highest BCUT2D eigenvalue weighted by molar-refractivity contribution is 5.95. The first-order valence-corrected chi connectivity index (χ1v) is 6.78. The van der Waals surface area contributed by atoms with E-state index in [2.05, 4.69) is 15.2 Å². The van der Waals surface area contributed by atoms with Crippen LogP contribution in [0.1, 0.15) is 28.9 Å². The van der Waals surface area contributed by atoms with E-state index in [4.69, 9.17) is 9.90 Å². The molecule has 22 heavy (non-hydrogen) atoms. The van der Waals surface area contributed by atoms with Gasteiger partial charge in [-0.25, -0.2) is 4.79 Å². The molecular formula is C13H16F3N3O3. The van der Waals surface area contributed by atoms with Gasteiger partial charge >= 0.3 is 12.1 Å². The summed E-state index contributed by atoms with van der Waals surface area (Å²) in [5.41, 5.74) is 1.97. The molecule has 6 nitrogen and oxygen atoms in total. The summed E-state index contributed by atoms with van der Waals surface area (Å²) in [5.74, 6) is -2.66. The molecule has 2 aliphatic rings. The minimum Gasteiger partial charge on any atom is -0.475 e. The molecule has 1 aromatic rings. The first-order valence-electron chi connectivity index (χ1n) is 6.78. The quantitative estimate of drug-likeness (QED) is 0.763. The third-order valence-electron chi connectivity index (χ3n) is 3.30. The Balaban J connectivity index is 0.000000217. The van der Waals surface area contributed by atoms with Crippen molar-refractivity contribution in [3.8, 4) is 0 Å². The molecule has 1 amide bonds. The van der Waals surface area contributed by atoms with E-state index in [1.165, 1.54) is 0 Å². The number of halogens is 3. The van der Waals surface area contributed by atoms with Gasteiger partial charge in [0.25, 0.3) is 5.91 Å². The predicted molar refractivity (Wildman–Crippen MR) is 70.3 cm³/mol. The van der Waals surface area contributed by atoms with Gasteiger partial charge in [-0.2, -0.15) is 13.2 Å². The summed E-state index contributed by atoms with van der Waals surface area (Å²) in [6.07, 6.45) is -0.794. The number of amides is 1. The van der Waals surface area contributed by atoms with E-state index in [0.29, 0.717) is 6.04 Å². The summed E-state index contributed by atoms with van der Waals surface area (Å²) in [5, 5.41) is 13.4. The van der Waals surface area contributed by atoms with Gasteiger partial charge in [0.05, 0.1) is 5.56 Å². The van der Waals surface area contributed by atoms with Gasteiger partial charge in [0.1, 0.15) is 0 Å².